The summed E-state index contributed by atoms with van der Waals surface area (Å²) in [5.41, 5.74) is 3.05. The topological polar surface area (TPSA) is 89.9 Å². The van der Waals surface area contributed by atoms with Gasteiger partial charge in [-0.3, -0.25) is 9.59 Å². The fourth-order valence-electron chi connectivity index (χ4n) is 2.36. The van der Waals surface area contributed by atoms with Gasteiger partial charge in [0, 0.05) is 7.05 Å². The zero-order valence-electron chi connectivity index (χ0n) is 14.6. The first-order chi connectivity index (χ1) is 11.2. The molecule has 1 aromatic rings. The highest BCUT2D eigenvalue weighted by Crippen LogP contribution is 2.13. The van der Waals surface area contributed by atoms with Crippen molar-refractivity contribution in [1.82, 2.24) is 10.2 Å². The first-order valence-corrected chi connectivity index (χ1v) is 7.79. The molecule has 0 heterocycles. The molecule has 3 N–H and O–H groups in total. The van der Waals surface area contributed by atoms with Crippen molar-refractivity contribution in [3.63, 3.8) is 0 Å². The molecule has 0 fully saturated rings. The molecule has 24 heavy (non-hydrogen) atoms. The van der Waals surface area contributed by atoms with Gasteiger partial charge < -0.3 is 20.3 Å². The van der Waals surface area contributed by atoms with E-state index in [2.05, 4.69) is 11.9 Å². The van der Waals surface area contributed by atoms with Crippen LogP contribution in [0.25, 0.3) is 0 Å². The number of amides is 2. The Labute approximate surface area is 143 Å². The fourth-order valence-corrected chi connectivity index (χ4v) is 2.36. The van der Waals surface area contributed by atoms with Crippen molar-refractivity contribution in [2.45, 2.75) is 39.2 Å². The minimum Gasteiger partial charge on any atom is -0.426 e. The quantitative estimate of drug-likeness (QED) is 0.497. The predicted octanol–water partition coefficient (Wildman–Crippen LogP) is 0.376. The first kappa shape index (κ1) is 19.9. The van der Waals surface area contributed by atoms with Crippen LogP contribution in [0.5, 0.6) is 0 Å². The number of nitrogens with one attached hydrogen (secondary N) is 1. The second-order valence-corrected chi connectivity index (χ2v) is 5.99. The summed E-state index contributed by atoms with van der Waals surface area (Å²) in [4.78, 5) is 25.1. The van der Waals surface area contributed by atoms with E-state index in [-0.39, 0.29) is 12.3 Å². The summed E-state index contributed by atoms with van der Waals surface area (Å²) in [5.74, 6) is -1.71. The van der Waals surface area contributed by atoms with Crippen molar-refractivity contribution >= 4 is 18.9 Å². The largest absolute Gasteiger partial charge is 0.475 e. The van der Waals surface area contributed by atoms with Crippen molar-refractivity contribution in [2.24, 2.45) is 0 Å². The van der Waals surface area contributed by atoms with Crippen molar-refractivity contribution in [2.75, 3.05) is 7.05 Å². The molecular weight excluding hydrogens is 307 g/mol. The zero-order valence-corrected chi connectivity index (χ0v) is 14.6. The molecule has 2 atom stereocenters. The van der Waals surface area contributed by atoms with Crippen LogP contribution in [0.2, 0.25) is 0 Å². The van der Waals surface area contributed by atoms with E-state index < -0.39 is 25.0 Å². The van der Waals surface area contributed by atoms with Gasteiger partial charge in [-0.1, -0.05) is 30.3 Å². The highest BCUT2D eigenvalue weighted by atomic mass is 16.4. The molecule has 2 amide bonds. The van der Waals surface area contributed by atoms with E-state index in [4.69, 9.17) is 0 Å². The third-order valence-corrected chi connectivity index (χ3v) is 4.11. The predicted molar refractivity (Wildman–Crippen MR) is 94.2 cm³/mol. The summed E-state index contributed by atoms with van der Waals surface area (Å²) >= 11 is 0. The van der Waals surface area contributed by atoms with E-state index >= 15 is 0 Å². The smallest absolute Gasteiger partial charge is 0.426 e. The van der Waals surface area contributed by atoms with Crippen molar-refractivity contribution in [3.05, 3.63) is 47.5 Å². The van der Waals surface area contributed by atoms with Crippen LogP contribution in [0.15, 0.2) is 30.9 Å². The molecule has 7 heteroatoms. The van der Waals surface area contributed by atoms with Crippen LogP contribution in [0.1, 0.15) is 23.6 Å². The molecule has 0 aliphatic rings. The Morgan fingerprint density at radius 3 is 2.50 bits per heavy atom. The van der Waals surface area contributed by atoms with E-state index in [0.29, 0.717) is 0 Å². The summed E-state index contributed by atoms with van der Waals surface area (Å²) in [5, 5.41) is 21.8. The third-order valence-electron chi connectivity index (χ3n) is 4.11. The molecule has 0 aliphatic heterocycles. The van der Waals surface area contributed by atoms with Crippen LogP contribution in [-0.2, 0) is 16.0 Å². The normalized spacial score (nSPS) is 12.9. The number of benzene rings is 1. The Bertz CT molecular complexity index is 619. The number of aryl methyl sites for hydroxylation is 2. The maximum atomic E-state index is 12.3. The van der Waals surface area contributed by atoms with Crippen LogP contribution in [0, 0.1) is 13.8 Å². The average molecular weight is 332 g/mol. The summed E-state index contributed by atoms with van der Waals surface area (Å²) in [6.45, 7) is 8.86. The Morgan fingerprint density at radius 2 is 2.00 bits per heavy atom. The Hall–Kier alpha value is -2.12. The number of nitrogens with zero attached hydrogens (tertiary/aromatic N) is 1. The lowest BCUT2D eigenvalue weighted by Gasteiger charge is -2.26. The molecule has 0 aliphatic carbocycles. The fraction of sp³-hybridized carbons (Fsp3) is 0.412. The van der Waals surface area contributed by atoms with Crippen LogP contribution < -0.4 is 5.32 Å². The minimum absolute atomic E-state index is 0.279. The van der Waals surface area contributed by atoms with E-state index in [9.17, 15) is 19.6 Å². The molecule has 2 unspecified atom stereocenters. The van der Waals surface area contributed by atoms with Crippen LogP contribution >= 0.6 is 0 Å². The van der Waals surface area contributed by atoms with E-state index in [0.717, 1.165) is 22.8 Å². The average Bonchev–Trinajstić information content (AvgIpc) is 2.53. The summed E-state index contributed by atoms with van der Waals surface area (Å²) in [6.07, 6.45) is 1.40. The number of carbonyl (C=O) groups excluding carboxylic acids is 2. The van der Waals surface area contributed by atoms with E-state index in [1.807, 2.05) is 32.0 Å². The minimum atomic E-state index is -1.71. The molecule has 0 spiro atoms. The lowest BCUT2D eigenvalue weighted by Crippen LogP contribution is -2.54. The summed E-state index contributed by atoms with van der Waals surface area (Å²) < 4.78 is 0. The van der Waals surface area contributed by atoms with Gasteiger partial charge in [0.15, 0.2) is 0 Å². The molecule has 1 rings (SSSR count). The number of carbonyl (C=O) groups is 2. The third kappa shape index (κ3) is 5.21. The molecule has 0 saturated heterocycles. The first-order valence-electron chi connectivity index (χ1n) is 7.79. The van der Waals surface area contributed by atoms with Gasteiger partial charge in [0.05, 0.1) is 5.94 Å². The number of likely N-dealkylation sites (N-methyl/N-ethyl adjacent to an activating group) is 1. The van der Waals surface area contributed by atoms with Gasteiger partial charge >= 0.3 is 7.12 Å². The Morgan fingerprint density at radius 1 is 1.38 bits per heavy atom. The Balaban J connectivity index is 2.84. The van der Waals surface area contributed by atoms with Crippen molar-refractivity contribution in [1.29, 1.82) is 0 Å². The molecule has 0 radical (unpaired) electrons. The number of hydrogen-bond donors (Lipinski definition) is 3. The van der Waals surface area contributed by atoms with Gasteiger partial charge in [-0.2, -0.15) is 0 Å². The molecule has 6 nitrogen and oxygen atoms in total. The lowest BCUT2D eigenvalue weighted by molar-refractivity contribution is -0.135. The highest BCUT2D eigenvalue weighted by Gasteiger charge is 2.29. The molecule has 1 aromatic carbocycles. The molecule has 130 valence electrons. The van der Waals surface area contributed by atoms with Crippen molar-refractivity contribution < 1.29 is 19.6 Å². The zero-order chi connectivity index (χ0) is 18.4. The molecule has 0 aromatic heterocycles. The monoisotopic (exact) mass is 332 g/mol. The van der Waals surface area contributed by atoms with Gasteiger partial charge in [-0.05, 0) is 44.4 Å². The van der Waals surface area contributed by atoms with Gasteiger partial charge in [-0.25, -0.2) is 0 Å². The number of rotatable bonds is 7. The van der Waals surface area contributed by atoms with Crippen LogP contribution in [-0.4, -0.2) is 52.9 Å². The lowest BCUT2D eigenvalue weighted by atomic mass is 9.75. The maximum absolute atomic E-state index is 12.3. The van der Waals surface area contributed by atoms with Gasteiger partial charge in [-0.15, -0.1) is 0 Å². The van der Waals surface area contributed by atoms with E-state index in [1.54, 1.807) is 6.92 Å². The SMILES string of the molecule is C=CC(=O)N(C)C(C)C(=O)NC(Cc1ccc(C)cc1C)B(O)O. The van der Waals surface area contributed by atoms with Gasteiger partial charge in [0.1, 0.15) is 6.04 Å². The summed E-state index contributed by atoms with van der Waals surface area (Å²) in [7, 11) is -0.217. The van der Waals surface area contributed by atoms with Gasteiger partial charge in [0.25, 0.3) is 0 Å². The van der Waals surface area contributed by atoms with Crippen molar-refractivity contribution in [3.8, 4) is 0 Å². The van der Waals surface area contributed by atoms with E-state index in [1.165, 1.54) is 11.9 Å². The summed E-state index contributed by atoms with van der Waals surface area (Å²) in [6, 6.07) is 5.08. The second-order valence-electron chi connectivity index (χ2n) is 5.99. The molecule has 0 bridgehead atoms. The van der Waals surface area contributed by atoms with Gasteiger partial charge in [0.2, 0.25) is 11.8 Å². The highest BCUT2D eigenvalue weighted by molar-refractivity contribution is 6.43. The van der Waals surface area contributed by atoms with Crippen LogP contribution in [0.4, 0.5) is 0 Å². The Kier molecular flexibility index (Phi) is 7.19. The standard InChI is InChI=1S/C17H25BN2O4/c1-6-16(21)20(5)13(4)17(22)19-15(18(23)24)10-14-8-7-11(2)9-12(14)3/h6-9,13,15,23-24H,1,10H2,2-5H3,(H,19,22). The molecular formula is C17H25BN2O4. The van der Waals surface area contributed by atoms with Crippen LogP contribution in [0.3, 0.4) is 0 Å². The number of hydrogen-bond acceptors (Lipinski definition) is 4. The maximum Gasteiger partial charge on any atom is 0.475 e. The second kappa shape index (κ2) is 8.66. The molecule has 0 saturated carbocycles.